The average molecular weight is 385 g/mol. The highest BCUT2D eigenvalue weighted by Gasteiger charge is 2.29. The molecular weight excluding hydrogens is 362 g/mol. The van der Waals surface area contributed by atoms with Crippen LogP contribution in [0.5, 0.6) is 5.75 Å². The molecule has 2 aromatic heterocycles. The Balaban J connectivity index is 1.60. The molecule has 1 aliphatic heterocycles. The number of hydrogen-bond donors (Lipinski definition) is 0. The first kappa shape index (κ1) is 18.1. The van der Waals surface area contributed by atoms with Crippen LogP contribution in [0.25, 0.3) is 11.0 Å². The molecule has 0 saturated carbocycles. The van der Waals surface area contributed by atoms with E-state index in [2.05, 4.69) is 11.4 Å². The van der Waals surface area contributed by atoms with Gasteiger partial charge in [0.1, 0.15) is 0 Å². The van der Waals surface area contributed by atoms with Crippen molar-refractivity contribution in [1.29, 1.82) is 0 Å². The zero-order valence-corrected chi connectivity index (χ0v) is 16.2. The summed E-state index contributed by atoms with van der Waals surface area (Å²) in [5.74, 6) is 0.951. The Morgan fingerprint density at radius 3 is 2.85 bits per heavy atom. The molecule has 0 aliphatic carbocycles. The lowest BCUT2D eigenvalue weighted by atomic mass is 10.1. The van der Waals surface area contributed by atoms with Gasteiger partial charge in [0.2, 0.25) is 0 Å². The number of ether oxygens (including phenoxy) is 2. The topological polar surface area (TPSA) is 51.9 Å². The zero-order chi connectivity index (χ0) is 18.6. The van der Waals surface area contributed by atoms with Crippen LogP contribution in [0.4, 0.5) is 0 Å². The minimum Gasteiger partial charge on any atom is -0.493 e. The van der Waals surface area contributed by atoms with Crippen molar-refractivity contribution in [2.24, 2.45) is 0 Å². The van der Waals surface area contributed by atoms with Crippen LogP contribution in [0.15, 0.2) is 46.2 Å². The van der Waals surface area contributed by atoms with Crippen molar-refractivity contribution in [2.75, 3.05) is 26.9 Å². The number of para-hydroxylation sites is 1. The predicted molar refractivity (Wildman–Crippen MR) is 106 cm³/mol. The molecule has 142 valence electrons. The maximum absolute atomic E-state index is 13.3. The van der Waals surface area contributed by atoms with E-state index in [1.54, 1.807) is 18.4 Å². The van der Waals surface area contributed by atoms with Crippen LogP contribution >= 0.6 is 11.3 Å². The second-order valence-electron chi connectivity index (χ2n) is 6.66. The third-order valence-electron chi connectivity index (χ3n) is 5.01. The minimum absolute atomic E-state index is 0.0586. The summed E-state index contributed by atoms with van der Waals surface area (Å²) in [6.45, 7) is 2.07. The fourth-order valence-corrected chi connectivity index (χ4v) is 4.27. The molecule has 5 nitrogen and oxygen atoms in total. The number of methoxy groups -OCH3 is 1. The number of hydrogen-bond acceptors (Lipinski definition) is 5. The summed E-state index contributed by atoms with van der Waals surface area (Å²) in [6, 6.07) is 11.8. The van der Waals surface area contributed by atoms with Gasteiger partial charge in [-0.2, -0.15) is 0 Å². The monoisotopic (exact) mass is 385 g/mol. The lowest BCUT2D eigenvalue weighted by Crippen LogP contribution is -2.44. The molecule has 1 amide bonds. The fraction of sp³-hybridized carbons (Fsp3) is 0.381. The molecule has 0 spiro atoms. The molecule has 3 aromatic rings. The second-order valence-corrected chi connectivity index (χ2v) is 7.69. The molecule has 1 saturated heterocycles. The van der Waals surface area contributed by atoms with E-state index >= 15 is 0 Å². The van der Waals surface area contributed by atoms with E-state index in [1.807, 2.05) is 35.2 Å². The number of furan rings is 1. The van der Waals surface area contributed by atoms with Gasteiger partial charge < -0.3 is 18.8 Å². The zero-order valence-electron chi connectivity index (χ0n) is 15.3. The molecule has 6 heteroatoms. The number of benzene rings is 1. The normalized spacial score (nSPS) is 15.1. The Labute approximate surface area is 162 Å². The summed E-state index contributed by atoms with van der Waals surface area (Å²) in [6.07, 6.45) is 2.57. The Morgan fingerprint density at radius 2 is 2.11 bits per heavy atom. The van der Waals surface area contributed by atoms with Crippen molar-refractivity contribution in [3.8, 4) is 5.75 Å². The van der Waals surface area contributed by atoms with E-state index in [0.29, 0.717) is 36.9 Å². The summed E-state index contributed by atoms with van der Waals surface area (Å²) in [7, 11) is 1.61. The van der Waals surface area contributed by atoms with Crippen LogP contribution in [0.1, 0.15) is 28.3 Å². The van der Waals surface area contributed by atoms with Gasteiger partial charge in [-0.15, -0.1) is 11.3 Å². The Morgan fingerprint density at radius 1 is 1.26 bits per heavy atom. The van der Waals surface area contributed by atoms with Crippen LogP contribution in [0.3, 0.4) is 0 Å². The molecule has 1 aromatic carbocycles. The summed E-state index contributed by atoms with van der Waals surface area (Å²) in [5, 5.41) is 2.95. The standard InChI is InChI=1S/C21H23NO4S/c1-24-18-6-2-4-15-14-19(26-20(15)18)21(23)22(16-8-11-25-12-9-16)10-7-17-5-3-13-27-17/h2-6,13-14,16H,7-12H2,1H3. The maximum atomic E-state index is 13.3. The SMILES string of the molecule is COc1cccc2cc(C(=O)N(CCc3cccs3)C3CCOCC3)oc12. The van der Waals surface area contributed by atoms with Gasteiger partial charge in [0.25, 0.3) is 5.91 Å². The molecule has 0 N–H and O–H groups in total. The van der Waals surface area contributed by atoms with Gasteiger partial charge in [-0.05, 0) is 42.8 Å². The number of rotatable bonds is 6. The van der Waals surface area contributed by atoms with Crippen molar-refractivity contribution >= 4 is 28.2 Å². The Bertz CT molecular complexity index is 896. The van der Waals surface area contributed by atoms with Gasteiger partial charge in [-0.1, -0.05) is 18.2 Å². The van der Waals surface area contributed by atoms with Crippen molar-refractivity contribution in [1.82, 2.24) is 4.90 Å². The number of amides is 1. The molecule has 1 aliphatic rings. The Kier molecular flexibility index (Phi) is 5.45. The molecule has 0 bridgehead atoms. The van der Waals surface area contributed by atoms with Crippen molar-refractivity contribution in [2.45, 2.75) is 25.3 Å². The number of carbonyl (C=O) groups is 1. The summed E-state index contributed by atoms with van der Waals surface area (Å²) in [4.78, 5) is 16.6. The smallest absolute Gasteiger partial charge is 0.289 e. The third kappa shape index (κ3) is 3.87. The van der Waals surface area contributed by atoms with Crippen LogP contribution in [0.2, 0.25) is 0 Å². The molecular formula is C21H23NO4S. The van der Waals surface area contributed by atoms with E-state index < -0.39 is 0 Å². The minimum atomic E-state index is -0.0586. The molecule has 3 heterocycles. The summed E-state index contributed by atoms with van der Waals surface area (Å²) in [5.41, 5.74) is 0.619. The maximum Gasteiger partial charge on any atom is 0.289 e. The van der Waals surface area contributed by atoms with E-state index in [9.17, 15) is 4.79 Å². The van der Waals surface area contributed by atoms with Gasteiger partial charge in [-0.25, -0.2) is 0 Å². The van der Waals surface area contributed by atoms with E-state index in [1.165, 1.54) is 4.88 Å². The summed E-state index contributed by atoms with van der Waals surface area (Å²) >= 11 is 1.73. The Hall–Kier alpha value is -2.31. The lowest BCUT2D eigenvalue weighted by molar-refractivity contribution is 0.0277. The van der Waals surface area contributed by atoms with E-state index in [-0.39, 0.29) is 11.9 Å². The first-order valence-corrected chi connectivity index (χ1v) is 10.1. The van der Waals surface area contributed by atoms with Crippen LogP contribution in [-0.2, 0) is 11.2 Å². The molecule has 0 atom stereocenters. The molecule has 4 rings (SSSR count). The first-order chi connectivity index (χ1) is 13.3. The van der Waals surface area contributed by atoms with Crippen LogP contribution in [0, 0.1) is 0 Å². The number of nitrogens with zero attached hydrogens (tertiary/aromatic N) is 1. The largest absolute Gasteiger partial charge is 0.493 e. The fourth-order valence-electron chi connectivity index (χ4n) is 3.58. The molecule has 27 heavy (non-hydrogen) atoms. The van der Waals surface area contributed by atoms with Crippen molar-refractivity contribution < 1.29 is 18.7 Å². The summed E-state index contributed by atoms with van der Waals surface area (Å²) < 4.78 is 16.8. The van der Waals surface area contributed by atoms with Gasteiger partial charge in [0.05, 0.1) is 7.11 Å². The average Bonchev–Trinajstić information content (AvgIpc) is 3.38. The van der Waals surface area contributed by atoms with E-state index in [4.69, 9.17) is 13.9 Å². The van der Waals surface area contributed by atoms with Gasteiger partial charge in [0.15, 0.2) is 17.1 Å². The van der Waals surface area contributed by atoms with Gasteiger partial charge >= 0.3 is 0 Å². The highest BCUT2D eigenvalue weighted by molar-refractivity contribution is 7.09. The highest BCUT2D eigenvalue weighted by Crippen LogP contribution is 2.30. The van der Waals surface area contributed by atoms with Gasteiger partial charge in [0, 0.05) is 36.1 Å². The third-order valence-corrected chi connectivity index (χ3v) is 5.95. The molecule has 1 fully saturated rings. The number of carbonyl (C=O) groups excluding carboxylic acids is 1. The second kappa shape index (κ2) is 8.15. The predicted octanol–water partition coefficient (Wildman–Crippen LogP) is 4.37. The van der Waals surface area contributed by atoms with Crippen LogP contribution < -0.4 is 4.74 Å². The van der Waals surface area contributed by atoms with Crippen molar-refractivity contribution in [3.63, 3.8) is 0 Å². The number of fused-ring (bicyclic) bond motifs is 1. The highest BCUT2D eigenvalue weighted by atomic mass is 32.1. The molecule has 0 radical (unpaired) electrons. The first-order valence-electron chi connectivity index (χ1n) is 9.24. The molecule has 0 unspecified atom stereocenters. The number of thiophene rings is 1. The lowest BCUT2D eigenvalue weighted by Gasteiger charge is -2.33. The quantitative estimate of drug-likeness (QED) is 0.632. The van der Waals surface area contributed by atoms with E-state index in [0.717, 1.165) is 24.6 Å². The van der Waals surface area contributed by atoms with Gasteiger partial charge in [-0.3, -0.25) is 4.79 Å². The van der Waals surface area contributed by atoms with Crippen LogP contribution in [-0.4, -0.2) is 43.7 Å². The van der Waals surface area contributed by atoms with Crippen molar-refractivity contribution in [3.05, 3.63) is 52.4 Å².